The molecule has 4 nitrogen and oxygen atoms in total. The number of aromatic nitrogens is 2. The molecule has 0 aliphatic rings. The van der Waals surface area contributed by atoms with E-state index in [1.165, 1.54) is 0 Å². The van der Waals surface area contributed by atoms with E-state index in [1.807, 2.05) is 31.2 Å². The molecule has 1 heterocycles. The maximum atomic E-state index is 8.49. The van der Waals surface area contributed by atoms with E-state index in [0.717, 1.165) is 15.6 Å². The van der Waals surface area contributed by atoms with Gasteiger partial charge < -0.3 is 4.52 Å². The second kappa shape index (κ2) is 4.45. The van der Waals surface area contributed by atoms with Crippen molar-refractivity contribution in [3.05, 3.63) is 34.1 Å². The van der Waals surface area contributed by atoms with Crippen molar-refractivity contribution in [3.8, 4) is 17.5 Å². The van der Waals surface area contributed by atoms with Gasteiger partial charge in [0.25, 0.3) is 0 Å². The Morgan fingerprint density at radius 1 is 1.50 bits per heavy atom. The van der Waals surface area contributed by atoms with E-state index in [1.54, 1.807) is 0 Å². The lowest BCUT2D eigenvalue weighted by Gasteiger charge is -1.99. The van der Waals surface area contributed by atoms with Crippen LogP contribution in [0.1, 0.15) is 11.5 Å². The quantitative estimate of drug-likeness (QED) is 0.847. The third-order valence-electron chi connectivity index (χ3n) is 2.13. The fourth-order valence-corrected chi connectivity index (χ4v) is 1.62. The number of hydrogen-bond donors (Lipinski definition) is 0. The highest BCUT2D eigenvalue weighted by atomic mass is 79.9. The normalized spacial score (nSPS) is 10.1. The first-order chi connectivity index (χ1) is 7.70. The van der Waals surface area contributed by atoms with Crippen LogP contribution in [0.25, 0.3) is 11.4 Å². The molecule has 16 heavy (non-hydrogen) atoms. The van der Waals surface area contributed by atoms with Crippen LogP contribution in [0.3, 0.4) is 0 Å². The van der Waals surface area contributed by atoms with E-state index in [2.05, 4.69) is 26.1 Å². The van der Waals surface area contributed by atoms with Crippen molar-refractivity contribution in [2.45, 2.75) is 13.3 Å². The van der Waals surface area contributed by atoms with Gasteiger partial charge in [-0.3, -0.25) is 0 Å². The average molecular weight is 278 g/mol. The topological polar surface area (TPSA) is 62.7 Å². The van der Waals surface area contributed by atoms with Crippen LogP contribution in [0, 0.1) is 18.3 Å². The molecule has 0 aliphatic carbocycles. The minimum absolute atomic E-state index is 0.139. The Hall–Kier alpha value is -1.67. The van der Waals surface area contributed by atoms with E-state index in [0.29, 0.717) is 11.7 Å². The van der Waals surface area contributed by atoms with Gasteiger partial charge in [-0.1, -0.05) is 33.2 Å². The van der Waals surface area contributed by atoms with E-state index in [4.69, 9.17) is 9.78 Å². The smallest absolute Gasteiger partial charge is 0.241 e. The summed E-state index contributed by atoms with van der Waals surface area (Å²) in [6.07, 6.45) is 0.139. The van der Waals surface area contributed by atoms with Crippen LogP contribution in [0.4, 0.5) is 0 Å². The van der Waals surface area contributed by atoms with Crippen molar-refractivity contribution < 1.29 is 4.52 Å². The molecule has 80 valence electrons. The minimum Gasteiger partial charge on any atom is -0.338 e. The van der Waals surface area contributed by atoms with Gasteiger partial charge in [0, 0.05) is 10.0 Å². The van der Waals surface area contributed by atoms with E-state index in [-0.39, 0.29) is 6.42 Å². The molecule has 0 spiro atoms. The predicted molar refractivity (Wildman–Crippen MR) is 61.5 cm³/mol. The zero-order chi connectivity index (χ0) is 11.5. The highest BCUT2D eigenvalue weighted by Crippen LogP contribution is 2.23. The molecule has 0 bridgehead atoms. The molecule has 2 rings (SSSR count). The number of halogens is 1. The molecule has 2 aromatic rings. The van der Waals surface area contributed by atoms with Crippen LogP contribution in [0.2, 0.25) is 0 Å². The first-order valence-corrected chi connectivity index (χ1v) is 5.46. The Kier molecular flexibility index (Phi) is 3.02. The second-order valence-corrected chi connectivity index (χ2v) is 4.16. The molecule has 0 fully saturated rings. The van der Waals surface area contributed by atoms with Gasteiger partial charge in [0.1, 0.15) is 6.42 Å². The first kappa shape index (κ1) is 10.8. The Labute approximate surface area is 101 Å². The summed E-state index contributed by atoms with van der Waals surface area (Å²) in [6, 6.07) is 7.78. The third-order valence-corrected chi connectivity index (χ3v) is 2.98. The number of hydrogen-bond acceptors (Lipinski definition) is 4. The Morgan fingerprint density at radius 2 is 2.31 bits per heavy atom. The molecule has 0 amide bonds. The standard InChI is InChI=1S/C11H8BrN3O/c1-7-2-3-8(6-9(7)12)11-14-10(4-5-13)16-15-11/h2-3,6H,4H2,1H3. The summed E-state index contributed by atoms with van der Waals surface area (Å²) in [7, 11) is 0. The van der Waals surface area contributed by atoms with Gasteiger partial charge in [-0.15, -0.1) is 0 Å². The number of nitriles is 1. The second-order valence-electron chi connectivity index (χ2n) is 3.31. The summed E-state index contributed by atoms with van der Waals surface area (Å²) < 4.78 is 5.93. The van der Waals surface area contributed by atoms with Crippen LogP contribution in [0.15, 0.2) is 27.2 Å². The van der Waals surface area contributed by atoms with E-state index in [9.17, 15) is 0 Å². The molecule has 0 unspecified atom stereocenters. The van der Waals surface area contributed by atoms with Gasteiger partial charge in [-0.25, -0.2) is 0 Å². The van der Waals surface area contributed by atoms with Crippen LogP contribution >= 0.6 is 15.9 Å². The molecule has 0 radical (unpaired) electrons. The average Bonchev–Trinajstić information content (AvgIpc) is 2.71. The zero-order valence-corrected chi connectivity index (χ0v) is 10.2. The van der Waals surface area contributed by atoms with Gasteiger partial charge in [0.05, 0.1) is 6.07 Å². The Morgan fingerprint density at radius 3 is 3.00 bits per heavy atom. The fraction of sp³-hybridized carbons (Fsp3) is 0.182. The minimum atomic E-state index is 0.139. The van der Waals surface area contributed by atoms with Crippen molar-refractivity contribution in [2.75, 3.05) is 0 Å². The molecule has 1 aromatic heterocycles. The summed E-state index contributed by atoms with van der Waals surface area (Å²) in [5.41, 5.74) is 2.01. The number of benzene rings is 1. The SMILES string of the molecule is Cc1ccc(-c2noc(CC#N)n2)cc1Br. The predicted octanol–water partition coefficient (Wildman–Crippen LogP) is 2.87. The molecule has 0 saturated heterocycles. The summed E-state index contributed by atoms with van der Waals surface area (Å²) in [6.45, 7) is 2.01. The largest absolute Gasteiger partial charge is 0.338 e. The van der Waals surface area contributed by atoms with Gasteiger partial charge in [0.2, 0.25) is 11.7 Å². The molecular weight excluding hydrogens is 270 g/mol. The molecule has 0 aliphatic heterocycles. The Balaban J connectivity index is 2.36. The summed E-state index contributed by atoms with van der Waals surface area (Å²) in [4.78, 5) is 4.12. The van der Waals surface area contributed by atoms with Gasteiger partial charge >= 0.3 is 0 Å². The van der Waals surface area contributed by atoms with Crippen LogP contribution in [-0.4, -0.2) is 10.1 Å². The third kappa shape index (κ3) is 2.12. The number of nitrogens with zero attached hydrogens (tertiary/aromatic N) is 3. The van der Waals surface area contributed by atoms with Crippen molar-refractivity contribution in [2.24, 2.45) is 0 Å². The van der Waals surface area contributed by atoms with Crippen molar-refractivity contribution in [1.82, 2.24) is 10.1 Å². The van der Waals surface area contributed by atoms with Crippen LogP contribution < -0.4 is 0 Å². The fourth-order valence-electron chi connectivity index (χ4n) is 1.24. The van der Waals surface area contributed by atoms with E-state index >= 15 is 0 Å². The lowest BCUT2D eigenvalue weighted by molar-refractivity contribution is 0.388. The Bertz CT molecular complexity index is 557. The zero-order valence-electron chi connectivity index (χ0n) is 8.57. The van der Waals surface area contributed by atoms with E-state index < -0.39 is 0 Å². The van der Waals surface area contributed by atoms with Gasteiger partial charge in [-0.05, 0) is 18.6 Å². The van der Waals surface area contributed by atoms with Crippen molar-refractivity contribution in [3.63, 3.8) is 0 Å². The summed E-state index contributed by atoms with van der Waals surface area (Å²) in [5.74, 6) is 0.847. The lowest BCUT2D eigenvalue weighted by atomic mass is 10.1. The molecular formula is C11H8BrN3O. The van der Waals surface area contributed by atoms with Gasteiger partial charge in [-0.2, -0.15) is 10.2 Å². The summed E-state index contributed by atoms with van der Waals surface area (Å²) >= 11 is 3.44. The van der Waals surface area contributed by atoms with Crippen LogP contribution in [-0.2, 0) is 6.42 Å². The maximum Gasteiger partial charge on any atom is 0.241 e. The van der Waals surface area contributed by atoms with Crippen LogP contribution in [0.5, 0.6) is 0 Å². The molecule has 0 N–H and O–H groups in total. The first-order valence-electron chi connectivity index (χ1n) is 4.67. The highest BCUT2D eigenvalue weighted by Gasteiger charge is 2.08. The lowest BCUT2D eigenvalue weighted by Crippen LogP contribution is -1.84. The maximum absolute atomic E-state index is 8.49. The van der Waals surface area contributed by atoms with Gasteiger partial charge in [0.15, 0.2) is 0 Å². The number of aryl methyl sites for hydroxylation is 1. The summed E-state index contributed by atoms with van der Waals surface area (Å²) in [5, 5.41) is 12.3. The van der Waals surface area contributed by atoms with Crippen molar-refractivity contribution in [1.29, 1.82) is 5.26 Å². The molecule has 0 atom stereocenters. The highest BCUT2D eigenvalue weighted by molar-refractivity contribution is 9.10. The number of rotatable bonds is 2. The molecule has 1 aromatic carbocycles. The molecule has 5 heteroatoms. The monoisotopic (exact) mass is 277 g/mol. The van der Waals surface area contributed by atoms with Crippen molar-refractivity contribution >= 4 is 15.9 Å². The molecule has 0 saturated carbocycles.